The van der Waals surface area contributed by atoms with Gasteiger partial charge in [-0.05, 0) is 38.8 Å². The third-order valence-electron chi connectivity index (χ3n) is 4.77. The van der Waals surface area contributed by atoms with Gasteiger partial charge in [-0.25, -0.2) is 0 Å². The molecule has 0 aromatic heterocycles. The number of hydrogen-bond acceptors (Lipinski definition) is 1. The number of benzene rings is 2. The molecule has 0 radical (unpaired) electrons. The molecule has 1 aliphatic rings. The molecule has 1 aliphatic heterocycles. The fraction of sp³-hybridized carbons (Fsp3) is 0.409. The van der Waals surface area contributed by atoms with Crippen molar-refractivity contribution in [1.82, 2.24) is 0 Å². The molecule has 126 valence electrons. The van der Waals surface area contributed by atoms with Crippen LogP contribution in [0.2, 0.25) is 0 Å². The van der Waals surface area contributed by atoms with E-state index in [9.17, 15) is 0 Å². The van der Waals surface area contributed by atoms with E-state index >= 15 is 0 Å². The monoisotopic (exact) mass is 322 g/mol. The van der Waals surface area contributed by atoms with Crippen LogP contribution in [0.5, 0.6) is 0 Å². The predicted octanol–water partition coefficient (Wildman–Crippen LogP) is 4.69. The minimum absolute atomic E-state index is 0.311. The van der Waals surface area contributed by atoms with Gasteiger partial charge in [-0.1, -0.05) is 60.7 Å². The molecule has 0 saturated heterocycles. The molecule has 0 bridgehead atoms. The molecule has 2 heteroatoms. The van der Waals surface area contributed by atoms with Crippen molar-refractivity contribution in [3.05, 3.63) is 71.8 Å². The molecule has 24 heavy (non-hydrogen) atoms. The first-order valence-electron chi connectivity index (χ1n) is 8.97. The Kier molecular flexibility index (Phi) is 5.03. The van der Waals surface area contributed by atoms with Gasteiger partial charge in [-0.15, -0.1) is 0 Å². The Morgan fingerprint density at radius 3 is 1.75 bits per heavy atom. The van der Waals surface area contributed by atoms with Crippen molar-refractivity contribution in [2.24, 2.45) is 5.92 Å². The molecule has 0 amide bonds. The Hall–Kier alpha value is -2.09. The lowest BCUT2D eigenvalue weighted by atomic mass is 9.85. The standard InChI is InChI=1S/C22H28NO/c1-16(2)22-23(17(3)4)20(15-24-22)21(18-11-7-5-8-12-18)19-13-9-6-10-14-19/h5-14,16-17,20-21H,15H2,1-4H3/q+1/t20-/m0/s1. The SMILES string of the molecule is CC(C)C1=[N+](C(C)C)[C@H](C(c2ccccc2)c2ccccc2)CO1. The summed E-state index contributed by atoms with van der Waals surface area (Å²) in [6.07, 6.45) is 0. The van der Waals surface area contributed by atoms with Gasteiger partial charge in [0.1, 0.15) is 0 Å². The Morgan fingerprint density at radius 1 is 0.833 bits per heavy atom. The first-order valence-corrected chi connectivity index (χ1v) is 8.97. The molecule has 0 unspecified atom stereocenters. The lowest BCUT2D eigenvalue weighted by Gasteiger charge is -2.23. The average molecular weight is 322 g/mol. The van der Waals surface area contributed by atoms with Gasteiger partial charge in [0.25, 0.3) is 0 Å². The van der Waals surface area contributed by atoms with Gasteiger partial charge >= 0.3 is 5.90 Å². The van der Waals surface area contributed by atoms with E-state index in [-0.39, 0.29) is 0 Å². The molecule has 0 aliphatic carbocycles. The zero-order valence-corrected chi connectivity index (χ0v) is 15.1. The van der Waals surface area contributed by atoms with Crippen LogP contribution in [0.1, 0.15) is 44.7 Å². The summed E-state index contributed by atoms with van der Waals surface area (Å²) in [7, 11) is 0. The van der Waals surface area contributed by atoms with Gasteiger partial charge in [0, 0.05) is 0 Å². The van der Waals surface area contributed by atoms with Crippen LogP contribution in [0.25, 0.3) is 0 Å². The summed E-state index contributed by atoms with van der Waals surface area (Å²) in [5.41, 5.74) is 2.71. The highest BCUT2D eigenvalue weighted by atomic mass is 16.5. The molecule has 2 nitrogen and oxygen atoms in total. The molecule has 3 rings (SSSR count). The zero-order valence-electron chi connectivity index (χ0n) is 15.1. The van der Waals surface area contributed by atoms with Crippen molar-refractivity contribution in [3.8, 4) is 0 Å². The van der Waals surface area contributed by atoms with Crippen LogP contribution >= 0.6 is 0 Å². The van der Waals surface area contributed by atoms with Crippen LogP contribution in [0.15, 0.2) is 60.7 Å². The second kappa shape index (κ2) is 7.21. The fourth-order valence-electron chi connectivity index (χ4n) is 3.81. The quantitative estimate of drug-likeness (QED) is 0.727. The van der Waals surface area contributed by atoms with Crippen molar-refractivity contribution in [1.29, 1.82) is 0 Å². The Morgan fingerprint density at radius 2 is 1.33 bits per heavy atom. The average Bonchev–Trinajstić information content (AvgIpc) is 3.02. The largest absolute Gasteiger partial charge is 0.441 e. The molecule has 0 saturated carbocycles. The summed E-state index contributed by atoms with van der Waals surface area (Å²) in [4.78, 5) is 0. The molecular formula is C22H28NO+. The predicted molar refractivity (Wildman–Crippen MR) is 99.7 cm³/mol. The van der Waals surface area contributed by atoms with Gasteiger partial charge in [-0.2, -0.15) is 4.58 Å². The third kappa shape index (κ3) is 3.24. The topological polar surface area (TPSA) is 12.2 Å². The molecular weight excluding hydrogens is 294 g/mol. The molecule has 2 aromatic carbocycles. The van der Waals surface area contributed by atoms with Crippen molar-refractivity contribution in [2.45, 2.75) is 45.7 Å². The Bertz CT molecular complexity index is 649. The number of hydrogen-bond donors (Lipinski definition) is 0. The van der Waals surface area contributed by atoms with Crippen LogP contribution in [0, 0.1) is 5.92 Å². The smallest absolute Gasteiger partial charge is 0.339 e. The van der Waals surface area contributed by atoms with Crippen molar-refractivity contribution < 1.29 is 9.31 Å². The highest BCUT2D eigenvalue weighted by Crippen LogP contribution is 2.33. The van der Waals surface area contributed by atoms with Crippen LogP contribution in [0.3, 0.4) is 0 Å². The van der Waals surface area contributed by atoms with Gasteiger partial charge in [-0.3, -0.25) is 0 Å². The van der Waals surface area contributed by atoms with Crippen LogP contribution in [-0.2, 0) is 4.74 Å². The molecule has 0 spiro atoms. The summed E-state index contributed by atoms with van der Waals surface area (Å²) in [6.45, 7) is 9.70. The summed E-state index contributed by atoms with van der Waals surface area (Å²) >= 11 is 0. The van der Waals surface area contributed by atoms with Crippen LogP contribution < -0.4 is 0 Å². The Balaban J connectivity index is 2.10. The summed E-state index contributed by atoms with van der Waals surface area (Å²) in [6, 6.07) is 22.4. The summed E-state index contributed by atoms with van der Waals surface area (Å²) < 4.78 is 8.66. The molecule has 0 N–H and O–H groups in total. The minimum atomic E-state index is 0.311. The maximum atomic E-state index is 6.17. The van der Waals surface area contributed by atoms with Crippen molar-refractivity contribution in [2.75, 3.05) is 6.61 Å². The molecule has 1 heterocycles. The minimum Gasteiger partial charge on any atom is -0.441 e. The highest BCUT2D eigenvalue weighted by Gasteiger charge is 2.44. The van der Waals surface area contributed by atoms with Gasteiger partial charge in [0.15, 0.2) is 12.6 Å². The second-order valence-corrected chi connectivity index (χ2v) is 7.17. The van der Waals surface area contributed by atoms with E-state index in [4.69, 9.17) is 4.74 Å². The van der Waals surface area contributed by atoms with E-state index in [0.717, 1.165) is 12.5 Å². The lowest BCUT2D eigenvalue weighted by molar-refractivity contribution is -0.588. The maximum Gasteiger partial charge on any atom is 0.339 e. The van der Waals surface area contributed by atoms with E-state index in [1.165, 1.54) is 11.1 Å². The summed E-state index contributed by atoms with van der Waals surface area (Å²) in [5.74, 6) is 1.85. The number of nitrogens with zero attached hydrogens (tertiary/aromatic N) is 1. The van der Waals surface area contributed by atoms with E-state index in [2.05, 4.69) is 92.9 Å². The van der Waals surface area contributed by atoms with Gasteiger partial charge in [0.05, 0.1) is 11.8 Å². The van der Waals surface area contributed by atoms with E-state index in [1.807, 2.05) is 0 Å². The van der Waals surface area contributed by atoms with E-state index in [1.54, 1.807) is 0 Å². The Labute approximate surface area is 145 Å². The third-order valence-corrected chi connectivity index (χ3v) is 4.77. The second-order valence-electron chi connectivity index (χ2n) is 7.17. The number of ether oxygens (including phenoxy) is 1. The zero-order chi connectivity index (χ0) is 17.1. The van der Waals surface area contributed by atoms with Crippen molar-refractivity contribution >= 4 is 5.90 Å². The first kappa shape index (κ1) is 16.8. The molecule has 1 atom stereocenters. The number of rotatable bonds is 5. The van der Waals surface area contributed by atoms with Crippen LogP contribution in [0.4, 0.5) is 0 Å². The summed E-state index contributed by atoms with van der Waals surface area (Å²) in [5, 5.41) is 0. The van der Waals surface area contributed by atoms with Crippen LogP contribution in [-0.4, -0.2) is 29.2 Å². The van der Waals surface area contributed by atoms with E-state index in [0.29, 0.717) is 23.9 Å². The van der Waals surface area contributed by atoms with Gasteiger partial charge in [0.2, 0.25) is 6.04 Å². The molecule has 0 fully saturated rings. The molecule has 2 aromatic rings. The maximum absolute atomic E-state index is 6.17. The normalized spacial score (nSPS) is 17.9. The highest BCUT2D eigenvalue weighted by molar-refractivity contribution is 5.74. The lowest BCUT2D eigenvalue weighted by Crippen LogP contribution is -2.38. The van der Waals surface area contributed by atoms with E-state index < -0.39 is 0 Å². The first-order chi connectivity index (χ1) is 11.6. The van der Waals surface area contributed by atoms with Crippen molar-refractivity contribution in [3.63, 3.8) is 0 Å². The van der Waals surface area contributed by atoms with Gasteiger partial charge < -0.3 is 4.74 Å². The fourth-order valence-corrected chi connectivity index (χ4v) is 3.81.